The Labute approximate surface area is 201 Å². The van der Waals surface area contributed by atoms with Gasteiger partial charge in [-0.15, -0.1) is 0 Å². The first-order chi connectivity index (χ1) is 16.1. The van der Waals surface area contributed by atoms with Crippen molar-refractivity contribution in [3.63, 3.8) is 0 Å². The van der Waals surface area contributed by atoms with E-state index in [-0.39, 0.29) is 17.4 Å². The van der Waals surface area contributed by atoms with Gasteiger partial charge >= 0.3 is 0 Å². The topological polar surface area (TPSA) is 76.6 Å². The SMILES string of the molecule is COc1ccc2c(O[C@@H]3CCN(C(=O)C(Nc4cc(C)cc(C)n4)C(C)(C)C)C3)nccc2c1. The van der Waals surface area contributed by atoms with Crippen LogP contribution in [0.25, 0.3) is 10.8 Å². The van der Waals surface area contributed by atoms with Crippen molar-refractivity contribution in [3.8, 4) is 11.6 Å². The molecule has 0 aliphatic carbocycles. The number of carbonyl (C=O) groups is 1. The van der Waals surface area contributed by atoms with Gasteiger partial charge in [-0.25, -0.2) is 9.97 Å². The molecule has 0 saturated carbocycles. The fourth-order valence-corrected chi connectivity index (χ4v) is 4.43. The molecular formula is C27H34N4O3. The first kappa shape index (κ1) is 23.8. The van der Waals surface area contributed by atoms with Crippen molar-refractivity contribution in [2.24, 2.45) is 5.41 Å². The predicted molar refractivity (Wildman–Crippen MR) is 134 cm³/mol. The first-order valence-electron chi connectivity index (χ1n) is 11.7. The van der Waals surface area contributed by atoms with E-state index in [4.69, 9.17) is 9.47 Å². The average molecular weight is 463 g/mol. The highest BCUT2D eigenvalue weighted by atomic mass is 16.5. The number of anilines is 1. The molecule has 1 aromatic carbocycles. The largest absolute Gasteiger partial charge is 0.497 e. The monoisotopic (exact) mass is 462 g/mol. The second-order valence-electron chi connectivity index (χ2n) is 10.1. The van der Waals surface area contributed by atoms with E-state index in [0.29, 0.717) is 19.0 Å². The molecule has 0 spiro atoms. The smallest absolute Gasteiger partial charge is 0.245 e. The fourth-order valence-electron chi connectivity index (χ4n) is 4.43. The Morgan fingerprint density at radius 2 is 1.97 bits per heavy atom. The normalized spacial score (nSPS) is 17.0. The zero-order valence-corrected chi connectivity index (χ0v) is 20.9. The molecule has 1 unspecified atom stereocenters. The number of amides is 1. The summed E-state index contributed by atoms with van der Waals surface area (Å²) in [5, 5.41) is 5.35. The van der Waals surface area contributed by atoms with Crippen LogP contribution in [0, 0.1) is 19.3 Å². The first-order valence-corrected chi connectivity index (χ1v) is 11.7. The number of methoxy groups -OCH3 is 1. The van der Waals surface area contributed by atoms with Crippen LogP contribution in [-0.4, -0.2) is 53.1 Å². The number of nitrogens with zero attached hydrogens (tertiary/aromatic N) is 3. The summed E-state index contributed by atoms with van der Waals surface area (Å²) in [7, 11) is 1.65. The Kier molecular flexibility index (Phi) is 6.64. The Hall–Kier alpha value is -3.35. The molecule has 7 nitrogen and oxygen atoms in total. The van der Waals surface area contributed by atoms with E-state index in [1.165, 1.54) is 0 Å². The third kappa shape index (κ3) is 5.24. The number of ether oxygens (including phenoxy) is 2. The number of likely N-dealkylation sites (tertiary alicyclic amines) is 1. The molecule has 1 saturated heterocycles. The molecule has 1 aliphatic heterocycles. The van der Waals surface area contributed by atoms with Gasteiger partial charge in [-0.2, -0.15) is 0 Å². The third-order valence-corrected chi connectivity index (χ3v) is 6.17. The summed E-state index contributed by atoms with van der Waals surface area (Å²) in [6, 6.07) is 11.4. The van der Waals surface area contributed by atoms with Crippen molar-refractivity contribution < 1.29 is 14.3 Å². The third-order valence-electron chi connectivity index (χ3n) is 6.17. The number of aryl methyl sites for hydroxylation is 2. The molecular weight excluding hydrogens is 428 g/mol. The van der Waals surface area contributed by atoms with Crippen LogP contribution >= 0.6 is 0 Å². The molecule has 1 N–H and O–H groups in total. The predicted octanol–water partition coefficient (Wildman–Crippen LogP) is 4.76. The van der Waals surface area contributed by atoms with Crippen molar-refractivity contribution >= 4 is 22.5 Å². The molecule has 4 rings (SSSR count). The van der Waals surface area contributed by atoms with Crippen LogP contribution in [0.4, 0.5) is 5.82 Å². The maximum absolute atomic E-state index is 13.6. The Bertz CT molecular complexity index is 1170. The van der Waals surface area contributed by atoms with Gasteiger partial charge in [-0.1, -0.05) is 20.8 Å². The molecule has 1 fully saturated rings. The van der Waals surface area contributed by atoms with Gasteiger partial charge in [0.25, 0.3) is 0 Å². The number of benzene rings is 1. The van der Waals surface area contributed by atoms with E-state index >= 15 is 0 Å². The number of aromatic nitrogens is 2. The van der Waals surface area contributed by atoms with Crippen molar-refractivity contribution in [1.82, 2.24) is 14.9 Å². The second kappa shape index (κ2) is 9.49. The number of carbonyl (C=O) groups excluding carboxylic acids is 1. The summed E-state index contributed by atoms with van der Waals surface area (Å²) in [5.41, 5.74) is 1.76. The molecule has 1 aliphatic rings. The summed E-state index contributed by atoms with van der Waals surface area (Å²) < 4.78 is 11.6. The van der Waals surface area contributed by atoms with Crippen LogP contribution in [0.5, 0.6) is 11.6 Å². The minimum atomic E-state index is -0.400. The van der Waals surface area contributed by atoms with E-state index in [1.807, 2.05) is 55.1 Å². The lowest BCUT2D eigenvalue weighted by Gasteiger charge is -2.34. The number of rotatable bonds is 6. The van der Waals surface area contributed by atoms with Gasteiger partial charge in [0.05, 0.1) is 13.7 Å². The number of nitrogens with one attached hydrogen (secondary N) is 1. The van der Waals surface area contributed by atoms with Gasteiger partial charge in [-0.05, 0) is 66.6 Å². The van der Waals surface area contributed by atoms with Crippen LogP contribution in [-0.2, 0) is 4.79 Å². The lowest BCUT2D eigenvalue weighted by molar-refractivity contribution is -0.133. The van der Waals surface area contributed by atoms with Crippen LogP contribution in [0.3, 0.4) is 0 Å². The Morgan fingerprint density at radius 1 is 1.18 bits per heavy atom. The van der Waals surface area contributed by atoms with Crippen molar-refractivity contribution in [2.45, 2.75) is 53.2 Å². The average Bonchev–Trinajstić information content (AvgIpc) is 3.24. The summed E-state index contributed by atoms with van der Waals surface area (Å²) in [4.78, 5) is 24.5. The zero-order chi connectivity index (χ0) is 24.5. The van der Waals surface area contributed by atoms with Gasteiger partial charge in [0.1, 0.15) is 23.7 Å². The van der Waals surface area contributed by atoms with Crippen molar-refractivity contribution in [1.29, 1.82) is 0 Å². The number of hydrogen-bond donors (Lipinski definition) is 1. The molecule has 34 heavy (non-hydrogen) atoms. The molecule has 180 valence electrons. The highest BCUT2D eigenvalue weighted by molar-refractivity contribution is 5.88. The molecule has 3 heterocycles. The second-order valence-corrected chi connectivity index (χ2v) is 10.1. The van der Waals surface area contributed by atoms with Crippen molar-refractivity contribution in [2.75, 3.05) is 25.5 Å². The minimum Gasteiger partial charge on any atom is -0.497 e. The molecule has 1 amide bonds. The van der Waals surface area contributed by atoms with Crippen LogP contribution in [0.15, 0.2) is 42.6 Å². The molecule has 2 atom stereocenters. The summed E-state index contributed by atoms with van der Waals surface area (Å²) >= 11 is 0. The van der Waals surface area contributed by atoms with E-state index in [2.05, 4.69) is 36.1 Å². The summed E-state index contributed by atoms with van der Waals surface area (Å²) in [5.74, 6) is 2.18. The van der Waals surface area contributed by atoms with Gasteiger partial charge in [0.2, 0.25) is 11.8 Å². The zero-order valence-electron chi connectivity index (χ0n) is 20.9. The van der Waals surface area contributed by atoms with E-state index in [0.717, 1.165) is 40.0 Å². The quantitative estimate of drug-likeness (QED) is 0.569. The highest BCUT2D eigenvalue weighted by Crippen LogP contribution is 2.30. The van der Waals surface area contributed by atoms with Gasteiger partial charge in [0, 0.05) is 30.2 Å². The fraction of sp³-hybridized carbons (Fsp3) is 0.444. The molecule has 7 heteroatoms. The maximum atomic E-state index is 13.6. The summed E-state index contributed by atoms with van der Waals surface area (Å²) in [6.07, 6.45) is 2.40. The van der Waals surface area contributed by atoms with E-state index in [9.17, 15) is 4.79 Å². The number of pyridine rings is 2. The molecule has 0 bridgehead atoms. The number of hydrogen-bond acceptors (Lipinski definition) is 6. The maximum Gasteiger partial charge on any atom is 0.245 e. The molecule has 0 radical (unpaired) electrons. The number of fused-ring (bicyclic) bond motifs is 1. The lowest BCUT2D eigenvalue weighted by Crippen LogP contribution is -2.49. The van der Waals surface area contributed by atoms with Gasteiger partial charge in [-0.3, -0.25) is 4.79 Å². The molecule has 2 aromatic heterocycles. The summed E-state index contributed by atoms with van der Waals surface area (Å²) in [6.45, 7) is 11.4. The standard InChI is InChI=1S/C27H34N4O3/c1-17-13-18(2)29-23(14-17)30-24(27(3,4)5)26(32)31-12-10-21(16-31)34-25-22-8-7-20(33-6)15-19(22)9-11-28-25/h7-9,11,13-15,21,24H,10,12,16H2,1-6H3,(H,29,30)/t21-,24?/m1/s1. The Morgan fingerprint density at radius 3 is 2.68 bits per heavy atom. The minimum absolute atomic E-state index is 0.0650. The van der Waals surface area contributed by atoms with Gasteiger partial charge < -0.3 is 19.7 Å². The van der Waals surface area contributed by atoms with E-state index in [1.54, 1.807) is 13.3 Å². The Balaban J connectivity index is 1.48. The van der Waals surface area contributed by atoms with Gasteiger partial charge in [0.15, 0.2) is 0 Å². The van der Waals surface area contributed by atoms with Crippen LogP contribution in [0.1, 0.15) is 38.4 Å². The van der Waals surface area contributed by atoms with Crippen LogP contribution in [0.2, 0.25) is 0 Å². The van der Waals surface area contributed by atoms with Crippen molar-refractivity contribution in [3.05, 3.63) is 53.9 Å². The highest BCUT2D eigenvalue weighted by Gasteiger charge is 2.38. The lowest BCUT2D eigenvalue weighted by atomic mass is 9.85. The van der Waals surface area contributed by atoms with E-state index < -0.39 is 6.04 Å². The molecule has 3 aromatic rings. The van der Waals surface area contributed by atoms with Crippen LogP contribution < -0.4 is 14.8 Å².